The number of halogens is 3. The molecule has 2 nitrogen and oxygen atoms in total. The fourth-order valence-electron chi connectivity index (χ4n) is 0.666. The second kappa shape index (κ2) is 3.35. The lowest BCUT2D eigenvalue weighted by molar-refractivity contribution is -0.0276. The average molecular weight is 258 g/mol. The van der Waals surface area contributed by atoms with Crippen LogP contribution in [0, 0.1) is 6.92 Å². The molecule has 1 atom stereocenters. The fraction of sp³-hybridized carbons (Fsp3) is 0.500. The molecule has 0 aliphatic heterocycles. The van der Waals surface area contributed by atoms with E-state index < -0.39 is 10.9 Å². The van der Waals surface area contributed by atoms with Crippen LogP contribution in [-0.4, -0.2) is 14.9 Å². The summed E-state index contributed by atoms with van der Waals surface area (Å²) in [5.41, 5.74) is 0. The van der Waals surface area contributed by atoms with E-state index in [1.165, 1.54) is 6.20 Å². The van der Waals surface area contributed by atoms with E-state index in [1.807, 2.05) is 0 Å². The second-order valence-corrected chi connectivity index (χ2v) is 4.55. The summed E-state index contributed by atoms with van der Waals surface area (Å²) in [6.45, 7) is 1.69. The topological polar surface area (TPSA) is 33.1 Å². The van der Waals surface area contributed by atoms with Gasteiger partial charge < -0.3 is 5.11 Å². The number of aliphatic hydroxyl groups is 1. The predicted octanol–water partition coefficient (Wildman–Crippen LogP) is 2.47. The number of rotatable bonds is 2. The van der Waals surface area contributed by atoms with Gasteiger partial charge in [-0.1, -0.05) is 0 Å². The first-order valence-electron chi connectivity index (χ1n) is 3.08. The van der Waals surface area contributed by atoms with E-state index in [-0.39, 0.29) is 4.88 Å². The lowest BCUT2D eigenvalue weighted by Gasteiger charge is -2.13. The molecule has 1 aromatic heterocycles. The summed E-state index contributed by atoms with van der Waals surface area (Å²) in [7, 11) is 0. The molecule has 0 aliphatic carbocycles. The van der Waals surface area contributed by atoms with Crippen molar-refractivity contribution >= 4 is 27.3 Å². The molecule has 0 radical (unpaired) electrons. The molecule has 0 spiro atoms. The lowest BCUT2D eigenvalue weighted by atomic mass is 10.3. The van der Waals surface area contributed by atoms with Gasteiger partial charge in [0.1, 0.15) is 0 Å². The van der Waals surface area contributed by atoms with Crippen molar-refractivity contribution in [3.63, 3.8) is 0 Å². The van der Waals surface area contributed by atoms with Crippen LogP contribution in [0.5, 0.6) is 0 Å². The molecule has 1 N–H and O–H groups in total. The molecular weight excluding hydrogens is 252 g/mol. The van der Waals surface area contributed by atoms with Crippen molar-refractivity contribution in [2.24, 2.45) is 0 Å². The molecule has 1 heterocycles. The number of aliphatic hydroxyl groups excluding tert-OH is 1. The summed E-state index contributed by atoms with van der Waals surface area (Å²) in [5.74, 6) is 0. The van der Waals surface area contributed by atoms with Gasteiger partial charge in [-0.25, -0.2) is 4.98 Å². The largest absolute Gasteiger partial charge is 0.380 e. The third kappa shape index (κ3) is 2.21. The van der Waals surface area contributed by atoms with Crippen LogP contribution in [-0.2, 0) is 0 Å². The maximum atomic E-state index is 12.5. The molecule has 12 heavy (non-hydrogen) atoms. The van der Waals surface area contributed by atoms with Crippen LogP contribution in [0.25, 0.3) is 0 Å². The smallest absolute Gasteiger partial charge is 0.331 e. The Kier molecular flexibility index (Phi) is 2.80. The molecule has 1 aromatic rings. The van der Waals surface area contributed by atoms with Gasteiger partial charge in [0.15, 0.2) is 6.10 Å². The average Bonchev–Trinajstić information content (AvgIpc) is 2.32. The second-order valence-electron chi connectivity index (χ2n) is 2.23. The van der Waals surface area contributed by atoms with Gasteiger partial charge in [0.25, 0.3) is 0 Å². The normalized spacial score (nSPS) is 14.8. The van der Waals surface area contributed by atoms with Gasteiger partial charge in [-0.15, -0.1) is 11.3 Å². The molecular formula is C6H6BrF2NOS. The monoisotopic (exact) mass is 257 g/mol. The zero-order chi connectivity index (χ0) is 9.35. The van der Waals surface area contributed by atoms with E-state index in [2.05, 4.69) is 20.9 Å². The standard InChI is InChI=1S/C6H6BrF2NOS/c1-3-10-2-4(12-3)5(11)6(7,8)9/h2,5,11H,1H3. The molecule has 6 heteroatoms. The third-order valence-electron chi connectivity index (χ3n) is 1.22. The highest BCUT2D eigenvalue weighted by Gasteiger charge is 2.37. The van der Waals surface area contributed by atoms with Crippen LogP contribution in [0.4, 0.5) is 8.78 Å². The number of alkyl halides is 3. The number of hydrogen-bond acceptors (Lipinski definition) is 3. The van der Waals surface area contributed by atoms with Crippen LogP contribution in [0.2, 0.25) is 0 Å². The molecule has 0 aliphatic rings. The maximum Gasteiger partial charge on any atom is 0.331 e. The van der Waals surface area contributed by atoms with E-state index >= 15 is 0 Å². The molecule has 0 fully saturated rings. The van der Waals surface area contributed by atoms with Gasteiger partial charge in [0.05, 0.1) is 9.88 Å². The molecule has 1 unspecified atom stereocenters. The van der Waals surface area contributed by atoms with Gasteiger partial charge in [0, 0.05) is 6.20 Å². The summed E-state index contributed by atoms with van der Waals surface area (Å²) in [5, 5.41) is 9.70. The minimum absolute atomic E-state index is 0.161. The summed E-state index contributed by atoms with van der Waals surface area (Å²) in [6, 6.07) is 0. The number of aromatic nitrogens is 1. The van der Waals surface area contributed by atoms with Gasteiger partial charge in [-0.05, 0) is 22.9 Å². The fourth-order valence-corrected chi connectivity index (χ4v) is 1.88. The number of nitrogens with zero attached hydrogens (tertiary/aromatic N) is 1. The Morgan fingerprint density at radius 1 is 1.75 bits per heavy atom. The number of hydrogen-bond donors (Lipinski definition) is 1. The molecule has 0 bridgehead atoms. The van der Waals surface area contributed by atoms with Crippen molar-refractivity contribution < 1.29 is 13.9 Å². The van der Waals surface area contributed by atoms with Crippen molar-refractivity contribution in [3.05, 3.63) is 16.1 Å². The Bertz CT molecular complexity index is 273. The van der Waals surface area contributed by atoms with Crippen LogP contribution in [0.1, 0.15) is 16.0 Å². The Hall–Kier alpha value is -0.0700. The quantitative estimate of drug-likeness (QED) is 0.826. The first kappa shape index (κ1) is 10.0. The van der Waals surface area contributed by atoms with E-state index in [0.29, 0.717) is 5.01 Å². The van der Waals surface area contributed by atoms with Crippen molar-refractivity contribution in [2.75, 3.05) is 0 Å². The summed E-state index contributed by atoms with van der Waals surface area (Å²) >= 11 is 3.14. The van der Waals surface area contributed by atoms with E-state index in [4.69, 9.17) is 5.11 Å². The molecule has 0 aromatic carbocycles. The number of thiazole rings is 1. The Labute approximate surface area is 80.4 Å². The van der Waals surface area contributed by atoms with Crippen molar-refractivity contribution in [1.29, 1.82) is 0 Å². The third-order valence-corrected chi connectivity index (χ3v) is 2.62. The zero-order valence-electron chi connectivity index (χ0n) is 6.09. The van der Waals surface area contributed by atoms with E-state index in [1.54, 1.807) is 6.92 Å². The number of aryl methyl sites for hydroxylation is 1. The van der Waals surface area contributed by atoms with Crippen molar-refractivity contribution in [2.45, 2.75) is 17.9 Å². The lowest BCUT2D eigenvalue weighted by Crippen LogP contribution is -2.16. The molecule has 68 valence electrons. The SMILES string of the molecule is Cc1ncc(C(O)C(F)(F)Br)s1. The van der Waals surface area contributed by atoms with Crippen LogP contribution < -0.4 is 0 Å². The van der Waals surface area contributed by atoms with Gasteiger partial charge in [0.2, 0.25) is 0 Å². The van der Waals surface area contributed by atoms with Gasteiger partial charge in [-0.3, -0.25) is 0 Å². The predicted molar refractivity (Wildman–Crippen MR) is 45.7 cm³/mol. The van der Waals surface area contributed by atoms with Crippen molar-refractivity contribution in [3.8, 4) is 0 Å². The zero-order valence-corrected chi connectivity index (χ0v) is 8.49. The summed E-state index contributed by atoms with van der Waals surface area (Å²) < 4.78 is 24.9. The van der Waals surface area contributed by atoms with E-state index in [9.17, 15) is 8.78 Å². The Morgan fingerprint density at radius 2 is 2.33 bits per heavy atom. The minimum atomic E-state index is -3.29. The highest BCUT2D eigenvalue weighted by Crippen LogP contribution is 2.38. The Morgan fingerprint density at radius 3 is 2.67 bits per heavy atom. The molecule has 1 rings (SSSR count). The van der Waals surface area contributed by atoms with Crippen LogP contribution in [0.3, 0.4) is 0 Å². The molecule has 0 saturated heterocycles. The first-order valence-corrected chi connectivity index (χ1v) is 4.69. The maximum absolute atomic E-state index is 12.5. The van der Waals surface area contributed by atoms with Gasteiger partial charge in [-0.2, -0.15) is 8.78 Å². The Balaban J connectivity index is 2.85. The minimum Gasteiger partial charge on any atom is -0.380 e. The van der Waals surface area contributed by atoms with Crippen LogP contribution in [0.15, 0.2) is 6.20 Å². The van der Waals surface area contributed by atoms with E-state index in [0.717, 1.165) is 11.3 Å². The first-order chi connectivity index (χ1) is 5.41. The summed E-state index contributed by atoms with van der Waals surface area (Å²) in [6.07, 6.45) is -0.566. The molecule has 0 saturated carbocycles. The highest BCUT2D eigenvalue weighted by molar-refractivity contribution is 9.10. The summed E-state index contributed by atoms with van der Waals surface area (Å²) in [4.78, 5) is 0.631. The van der Waals surface area contributed by atoms with Gasteiger partial charge >= 0.3 is 4.83 Å². The van der Waals surface area contributed by atoms with Crippen molar-refractivity contribution in [1.82, 2.24) is 4.98 Å². The molecule has 0 amide bonds. The van der Waals surface area contributed by atoms with Crippen LogP contribution >= 0.6 is 27.3 Å². The highest BCUT2D eigenvalue weighted by atomic mass is 79.9.